The third-order valence-electron chi connectivity index (χ3n) is 4.03. The molecule has 138 valence electrons. The zero-order chi connectivity index (χ0) is 18.6. The number of hydrogen-bond acceptors (Lipinski definition) is 3. The maximum atomic E-state index is 12.8. The van der Waals surface area contributed by atoms with Crippen LogP contribution < -0.4 is 10.1 Å². The molecule has 1 N–H and O–H groups in total. The first-order valence-corrected chi connectivity index (χ1v) is 8.25. The van der Waals surface area contributed by atoms with E-state index in [0.717, 1.165) is 25.0 Å². The first-order valence-electron chi connectivity index (χ1n) is 8.25. The zero-order valence-corrected chi connectivity index (χ0v) is 13.9. The molecule has 0 bridgehead atoms. The second-order valence-electron chi connectivity index (χ2n) is 5.97. The second kappa shape index (κ2) is 7.78. The minimum atomic E-state index is -4.47. The average Bonchev–Trinajstić information content (AvgIpc) is 3.13. The number of carbonyl (C=O) groups excluding carboxylic acids is 1. The third-order valence-corrected chi connectivity index (χ3v) is 4.03. The summed E-state index contributed by atoms with van der Waals surface area (Å²) in [5, 5.41) is 2.49. The van der Waals surface area contributed by atoms with Crippen LogP contribution in [0.2, 0.25) is 0 Å². The lowest BCUT2D eigenvalue weighted by molar-refractivity contribution is -0.137. The summed E-state index contributed by atoms with van der Waals surface area (Å²) in [6.45, 7) is 1.03. The van der Waals surface area contributed by atoms with Crippen molar-refractivity contribution in [3.8, 4) is 5.75 Å². The van der Waals surface area contributed by atoms with Crippen LogP contribution in [0.3, 0.4) is 0 Å². The Morgan fingerprint density at radius 1 is 1.19 bits per heavy atom. The molecule has 26 heavy (non-hydrogen) atoms. The normalized spacial score (nSPS) is 17.1. The molecule has 0 radical (unpaired) electrons. The molecule has 1 amide bonds. The lowest BCUT2D eigenvalue weighted by atomic mass is 10.1. The number of alkyl halides is 3. The van der Waals surface area contributed by atoms with Crippen LogP contribution in [0.15, 0.2) is 48.5 Å². The largest absolute Gasteiger partial charge is 0.490 e. The number of ether oxygens (including phenoxy) is 2. The summed E-state index contributed by atoms with van der Waals surface area (Å²) >= 11 is 0. The summed E-state index contributed by atoms with van der Waals surface area (Å²) in [6, 6.07) is 11.1. The van der Waals surface area contributed by atoms with E-state index in [0.29, 0.717) is 19.0 Å². The maximum absolute atomic E-state index is 12.8. The number of nitrogens with one attached hydrogen (secondary N) is 1. The first-order chi connectivity index (χ1) is 12.4. The van der Waals surface area contributed by atoms with Gasteiger partial charge in [0.1, 0.15) is 12.4 Å². The Morgan fingerprint density at radius 3 is 2.73 bits per heavy atom. The van der Waals surface area contributed by atoms with Gasteiger partial charge in [-0.15, -0.1) is 0 Å². The minimum Gasteiger partial charge on any atom is -0.490 e. The molecule has 0 spiro atoms. The Hall–Kier alpha value is -2.54. The molecule has 1 atom stereocenters. The molecule has 4 nitrogen and oxygen atoms in total. The van der Waals surface area contributed by atoms with Gasteiger partial charge in [0.2, 0.25) is 0 Å². The molecule has 0 aliphatic carbocycles. The van der Waals surface area contributed by atoms with Crippen LogP contribution in [-0.2, 0) is 10.9 Å². The monoisotopic (exact) mass is 365 g/mol. The van der Waals surface area contributed by atoms with E-state index in [1.807, 2.05) is 0 Å². The van der Waals surface area contributed by atoms with E-state index < -0.39 is 17.6 Å². The molecule has 2 aromatic carbocycles. The molecule has 1 aliphatic rings. The van der Waals surface area contributed by atoms with Crippen molar-refractivity contribution in [2.45, 2.75) is 25.1 Å². The summed E-state index contributed by atoms with van der Waals surface area (Å²) in [6.07, 6.45) is -2.59. The molecule has 7 heteroatoms. The number of anilines is 1. The third kappa shape index (κ3) is 4.54. The standard InChI is InChI=1S/C19H18F3NO3/c20-19(21,22)13-5-3-6-14(11-13)23-18(24)16-8-1-2-9-17(16)26-12-15-7-4-10-25-15/h1-3,5-6,8-9,11,15H,4,7,10,12H2,(H,23,24)/t15-/m1/s1. The highest BCUT2D eigenvalue weighted by atomic mass is 19.4. The molecule has 1 saturated heterocycles. The summed E-state index contributed by atoms with van der Waals surface area (Å²) < 4.78 is 49.6. The van der Waals surface area contributed by atoms with E-state index in [4.69, 9.17) is 9.47 Å². The van der Waals surface area contributed by atoms with Crippen molar-refractivity contribution in [2.24, 2.45) is 0 Å². The van der Waals surface area contributed by atoms with Crippen LogP contribution in [0, 0.1) is 0 Å². The van der Waals surface area contributed by atoms with Crippen molar-refractivity contribution in [2.75, 3.05) is 18.5 Å². The fourth-order valence-electron chi connectivity index (χ4n) is 2.71. The van der Waals surface area contributed by atoms with Gasteiger partial charge in [0, 0.05) is 12.3 Å². The molecule has 3 rings (SSSR count). The van der Waals surface area contributed by atoms with E-state index in [2.05, 4.69) is 5.32 Å². The Balaban J connectivity index is 1.71. The lowest BCUT2D eigenvalue weighted by Crippen LogP contribution is -2.19. The molecule has 0 aromatic heterocycles. The average molecular weight is 365 g/mol. The highest BCUT2D eigenvalue weighted by molar-refractivity contribution is 6.06. The van der Waals surface area contributed by atoms with Gasteiger partial charge in [-0.25, -0.2) is 0 Å². The fourth-order valence-corrected chi connectivity index (χ4v) is 2.71. The Labute approximate surface area is 148 Å². The van der Waals surface area contributed by atoms with E-state index >= 15 is 0 Å². The fraction of sp³-hybridized carbons (Fsp3) is 0.316. The number of amides is 1. The van der Waals surface area contributed by atoms with Gasteiger partial charge in [-0.2, -0.15) is 13.2 Å². The van der Waals surface area contributed by atoms with E-state index in [1.165, 1.54) is 12.1 Å². The van der Waals surface area contributed by atoms with Crippen LogP contribution in [-0.4, -0.2) is 25.2 Å². The molecule has 0 unspecified atom stereocenters. The van der Waals surface area contributed by atoms with E-state index in [1.54, 1.807) is 24.3 Å². The Morgan fingerprint density at radius 2 is 2.00 bits per heavy atom. The van der Waals surface area contributed by atoms with Crippen LogP contribution >= 0.6 is 0 Å². The van der Waals surface area contributed by atoms with Crippen LogP contribution in [0.1, 0.15) is 28.8 Å². The van der Waals surface area contributed by atoms with Crippen molar-refractivity contribution in [3.63, 3.8) is 0 Å². The molecule has 1 fully saturated rings. The van der Waals surface area contributed by atoms with E-state index in [-0.39, 0.29) is 17.4 Å². The van der Waals surface area contributed by atoms with Crippen molar-refractivity contribution in [1.82, 2.24) is 0 Å². The van der Waals surface area contributed by atoms with E-state index in [9.17, 15) is 18.0 Å². The van der Waals surface area contributed by atoms with Crippen molar-refractivity contribution in [1.29, 1.82) is 0 Å². The van der Waals surface area contributed by atoms with Crippen LogP contribution in [0.5, 0.6) is 5.75 Å². The predicted octanol–water partition coefficient (Wildman–Crippen LogP) is 4.52. The molecule has 1 aliphatic heterocycles. The number of rotatable bonds is 5. The quantitative estimate of drug-likeness (QED) is 0.848. The smallest absolute Gasteiger partial charge is 0.416 e. The van der Waals surface area contributed by atoms with Gasteiger partial charge in [0.25, 0.3) is 5.91 Å². The number of para-hydroxylation sites is 1. The van der Waals surface area contributed by atoms with Crippen molar-refractivity contribution in [3.05, 3.63) is 59.7 Å². The number of carbonyl (C=O) groups is 1. The second-order valence-corrected chi connectivity index (χ2v) is 5.97. The van der Waals surface area contributed by atoms with Crippen molar-refractivity contribution < 1.29 is 27.4 Å². The minimum absolute atomic E-state index is 0.00501. The first kappa shape index (κ1) is 18.3. The zero-order valence-electron chi connectivity index (χ0n) is 13.9. The summed E-state index contributed by atoms with van der Waals surface area (Å²) in [5.41, 5.74) is -0.500. The number of halogens is 3. The maximum Gasteiger partial charge on any atom is 0.416 e. The Bertz CT molecular complexity index is 771. The lowest BCUT2D eigenvalue weighted by Gasteiger charge is -2.15. The number of hydrogen-bond donors (Lipinski definition) is 1. The topological polar surface area (TPSA) is 47.6 Å². The van der Waals surface area contributed by atoms with Gasteiger partial charge in [-0.05, 0) is 43.2 Å². The van der Waals surface area contributed by atoms with Gasteiger partial charge in [-0.1, -0.05) is 18.2 Å². The predicted molar refractivity (Wildman–Crippen MR) is 90.3 cm³/mol. The molecule has 0 saturated carbocycles. The van der Waals surface area contributed by atoms with Crippen LogP contribution in [0.25, 0.3) is 0 Å². The number of benzene rings is 2. The summed E-state index contributed by atoms with van der Waals surface area (Å²) in [7, 11) is 0. The van der Waals surface area contributed by atoms with Gasteiger partial charge in [-0.3, -0.25) is 4.79 Å². The molecular weight excluding hydrogens is 347 g/mol. The van der Waals surface area contributed by atoms with Gasteiger partial charge in [0.05, 0.1) is 17.2 Å². The molecule has 1 heterocycles. The summed E-state index contributed by atoms with van der Waals surface area (Å²) in [4.78, 5) is 12.5. The van der Waals surface area contributed by atoms with Crippen LogP contribution in [0.4, 0.5) is 18.9 Å². The Kier molecular flexibility index (Phi) is 5.46. The van der Waals surface area contributed by atoms with Gasteiger partial charge in [0.15, 0.2) is 0 Å². The SMILES string of the molecule is O=C(Nc1cccc(C(F)(F)F)c1)c1ccccc1OC[C@H]1CCCO1. The highest BCUT2D eigenvalue weighted by Crippen LogP contribution is 2.31. The highest BCUT2D eigenvalue weighted by Gasteiger charge is 2.30. The van der Waals surface area contributed by atoms with Gasteiger partial charge < -0.3 is 14.8 Å². The molecule has 2 aromatic rings. The summed E-state index contributed by atoms with van der Waals surface area (Å²) in [5.74, 6) is -0.167. The van der Waals surface area contributed by atoms with Gasteiger partial charge >= 0.3 is 6.18 Å². The molecular formula is C19H18F3NO3. The van der Waals surface area contributed by atoms with Crippen molar-refractivity contribution >= 4 is 11.6 Å².